The number of rotatable bonds is 4. The molecule has 0 spiro atoms. The summed E-state index contributed by atoms with van der Waals surface area (Å²) in [7, 11) is 1.58. The number of hydrogen-bond donors (Lipinski definition) is 1. The largest absolute Gasteiger partial charge is 0.370 e. The summed E-state index contributed by atoms with van der Waals surface area (Å²) in [6, 6.07) is 5.50. The quantitative estimate of drug-likeness (QED) is 0.657. The third kappa shape index (κ3) is 4.08. The molecule has 1 aliphatic rings. The van der Waals surface area contributed by atoms with Gasteiger partial charge in [0, 0.05) is 42.1 Å². The van der Waals surface area contributed by atoms with Gasteiger partial charge in [0.2, 0.25) is 5.91 Å². The zero-order valence-corrected chi connectivity index (χ0v) is 18.4. The molecule has 0 bridgehead atoms. The van der Waals surface area contributed by atoms with Crippen LogP contribution in [0.5, 0.6) is 0 Å². The van der Waals surface area contributed by atoms with Crippen LogP contribution in [0.2, 0.25) is 0 Å². The topological polar surface area (TPSA) is 106 Å². The van der Waals surface area contributed by atoms with E-state index in [0.717, 1.165) is 15.8 Å². The first kappa shape index (κ1) is 21.1. The molecule has 4 rings (SSSR count). The van der Waals surface area contributed by atoms with E-state index in [4.69, 9.17) is 4.74 Å². The normalized spacial score (nSPS) is 16.5. The number of pyridine rings is 1. The minimum absolute atomic E-state index is 0.0844. The molecular formula is C21H23N5O4S. The zero-order valence-electron chi connectivity index (χ0n) is 17.5. The Balaban J connectivity index is 1.62. The Kier molecular flexibility index (Phi) is 5.84. The molecule has 0 unspecified atom stereocenters. The summed E-state index contributed by atoms with van der Waals surface area (Å²) in [6.45, 7) is 4.48. The van der Waals surface area contributed by atoms with Crippen molar-refractivity contribution in [2.24, 2.45) is 0 Å². The highest BCUT2D eigenvalue weighted by atomic mass is 32.1. The number of morpholine rings is 1. The Labute approximate surface area is 182 Å². The van der Waals surface area contributed by atoms with Gasteiger partial charge in [-0.3, -0.25) is 14.2 Å². The summed E-state index contributed by atoms with van der Waals surface area (Å²) in [6.07, 6.45) is 1.22. The Morgan fingerprint density at radius 1 is 1.35 bits per heavy atom. The molecule has 3 aromatic rings. The summed E-state index contributed by atoms with van der Waals surface area (Å²) in [5, 5.41) is 3.52. The molecule has 9 nitrogen and oxygen atoms in total. The van der Waals surface area contributed by atoms with E-state index in [9.17, 15) is 14.4 Å². The van der Waals surface area contributed by atoms with Crippen molar-refractivity contribution in [1.29, 1.82) is 0 Å². The van der Waals surface area contributed by atoms with Crippen LogP contribution in [0.15, 0.2) is 29.2 Å². The Morgan fingerprint density at radius 3 is 2.90 bits per heavy atom. The molecule has 0 aromatic carbocycles. The lowest BCUT2D eigenvalue weighted by molar-refractivity contribution is -0.139. The molecule has 0 radical (unpaired) electrons. The van der Waals surface area contributed by atoms with Crippen molar-refractivity contribution in [3.63, 3.8) is 0 Å². The van der Waals surface area contributed by atoms with E-state index in [-0.39, 0.29) is 24.9 Å². The van der Waals surface area contributed by atoms with E-state index < -0.39 is 11.8 Å². The summed E-state index contributed by atoms with van der Waals surface area (Å²) >= 11 is 1.31. The lowest BCUT2D eigenvalue weighted by Crippen LogP contribution is -2.45. The summed E-state index contributed by atoms with van der Waals surface area (Å²) < 4.78 is 7.36. The smallest absolute Gasteiger partial charge is 0.348 e. The Bertz CT molecular complexity index is 1220. The first-order chi connectivity index (χ1) is 14.9. The van der Waals surface area contributed by atoms with Crippen molar-refractivity contribution >= 4 is 33.4 Å². The molecule has 10 heteroatoms. The van der Waals surface area contributed by atoms with Crippen molar-refractivity contribution in [1.82, 2.24) is 24.8 Å². The number of nitrogens with one attached hydrogen (secondary N) is 1. The van der Waals surface area contributed by atoms with Gasteiger partial charge in [0.25, 0.3) is 5.91 Å². The average molecular weight is 442 g/mol. The molecule has 0 saturated carbocycles. The number of ether oxygens (including phenoxy) is 1. The maximum Gasteiger partial charge on any atom is 0.348 e. The van der Waals surface area contributed by atoms with Gasteiger partial charge in [-0.2, -0.15) is 4.98 Å². The minimum Gasteiger partial charge on any atom is -0.370 e. The molecule has 3 aromatic heterocycles. The molecule has 1 aliphatic heterocycles. The predicted molar refractivity (Wildman–Crippen MR) is 116 cm³/mol. The second kappa shape index (κ2) is 8.56. The van der Waals surface area contributed by atoms with Gasteiger partial charge in [-0.15, -0.1) is 11.3 Å². The molecule has 2 amide bonds. The SMILES string of the molecule is CNC(=O)c1sc2ncccc2c1[C@@H]1CN(C(=O)Cn2c(C)cc(C)nc2=O)CCO1. The first-order valence-electron chi connectivity index (χ1n) is 9.93. The summed E-state index contributed by atoms with van der Waals surface area (Å²) in [5.41, 5.74) is 1.62. The first-order valence-corrected chi connectivity index (χ1v) is 10.7. The standard InChI is InChI=1S/C21H23N5O4S/c1-12-9-13(2)26(21(29)24-12)11-16(27)25-7-8-30-15(10-25)17-14-5-4-6-23-20(14)31-18(17)19(28)22-3/h4-6,9,15H,7-8,10-11H2,1-3H3,(H,22,28)/t15-/m0/s1. The number of carbonyl (C=O) groups is 2. The summed E-state index contributed by atoms with van der Waals surface area (Å²) in [5.74, 6) is -0.402. The van der Waals surface area contributed by atoms with Crippen molar-refractivity contribution in [2.45, 2.75) is 26.5 Å². The second-order valence-electron chi connectivity index (χ2n) is 7.39. The van der Waals surface area contributed by atoms with Crippen molar-refractivity contribution in [2.75, 3.05) is 26.7 Å². The third-order valence-electron chi connectivity index (χ3n) is 5.32. The number of carbonyl (C=O) groups excluding carboxylic acids is 2. The van der Waals surface area contributed by atoms with Crippen LogP contribution in [0, 0.1) is 13.8 Å². The van der Waals surface area contributed by atoms with E-state index in [1.165, 1.54) is 15.9 Å². The highest BCUT2D eigenvalue weighted by molar-refractivity contribution is 7.20. The van der Waals surface area contributed by atoms with Crippen LogP contribution >= 0.6 is 11.3 Å². The van der Waals surface area contributed by atoms with Crippen LogP contribution in [-0.2, 0) is 16.1 Å². The highest BCUT2D eigenvalue weighted by Gasteiger charge is 2.31. The van der Waals surface area contributed by atoms with Gasteiger partial charge in [0.15, 0.2) is 0 Å². The van der Waals surface area contributed by atoms with Crippen molar-refractivity contribution < 1.29 is 14.3 Å². The van der Waals surface area contributed by atoms with Crippen LogP contribution in [-0.4, -0.2) is 58.0 Å². The molecule has 1 atom stereocenters. The zero-order chi connectivity index (χ0) is 22.1. The van der Waals surface area contributed by atoms with Crippen LogP contribution < -0.4 is 11.0 Å². The molecule has 1 saturated heterocycles. The van der Waals surface area contributed by atoms with Crippen LogP contribution in [0.1, 0.15) is 32.7 Å². The highest BCUT2D eigenvalue weighted by Crippen LogP contribution is 2.37. The van der Waals surface area contributed by atoms with Crippen molar-refractivity contribution in [3.05, 3.63) is 56.7 Å². The maximum atomic E-state index is 13.0. The lowest BCUT2D eigenvalue weighted by Gasteiger charge is -2.33. The van der Waals surface area contributed by atoms with Gasteiger partial charge in [-0.25, -0.2) is 9.78 Å². The molecule has 0 aliphatic carbocycles. The average Bonchev–Trinajstić information content (AvgIpc) is 3.15. The number of amides is 2. The number of aryl methyl sites for hydroxylation is 2. The van der Waals surface area contributed by atoms with Crippen LogP contribution in [0.3, 0.4) is 0 Å². The van der Waals surface area contributed by atoms with Crippen LogP contribution in [0.25, 0.3) is 10.2 Å². The maximum absolute atomic E-state index is 13.0. The van der Waals surface area contributed by atoms with Gasteiger partial charge in [-0.1, -0.05) is 6.07 Å². The number of thiophene rings is 1. The summed E-state index contributed by atoms with van der Waals surface area (Å²) in [4.78, 5) is 49.0. The van der Waals surface area contributed by atoms with Gasteiger partial charge < -0.3 is 15.0 Å². The van der Waals surface area contributed by atoms with Crippen LogP contribution in [0.4, 0.5) is 0 Å². The number of fused-ring (bicyclic) bond motifs is 1. The van der Waals surface area contributed by atoms with E-state index in [1.807, 2.05) is 12.1 Å². The Hall–Kier alpha value is -3.11. The van der Waals surface area contributed by atoms with E-state index in [0.29, 0.717) is 29.4 Å². The predicted octanol–water partition coefficient (Wildman–Crippen LogP) is 1.43. The fourth-order valence-corrected chi connectivity index (χ4v) is 4.95. The molecule has 1 N–H and O–H groups in total. The van der Waals surface area contributed by atoms with Gasteiger partial charge in [0.05, 0.1) is 13.2 Å². The fourth-order valence-electron chi connectivity index (χ4n) is 3.81. The number of nitrogens with zero attached hydrogens (tertiary/aromatic N) is 4. The second-order valence-corrected chi connectivity index (χ2v) is 8.39. The molecule has 31 heavy (non-hydrogen) atoms. The number of hydrogen-bond acceptors (Lipinski definition) is 7. The monoisotopic (exact) mass is 441 g/mol. The number of aromatic nitrogens is 3. The molecule has 162 valence electrons. The van der Waals surface area contributed by atoms with Gasteiger partial charge >= 0.3 is 5.69 Å². The molecule has 1 fully saturated rings. The Morgan fingerprint density at radius 2 is 2.16 bits per heavy atom. The third-order valence-corrected chi connectivity index (χ3v) is 6.45. The minimum atomic E-state index is -0.461. The molecular weight excluding hydrogens is 418 g/mol. The van der Waals surface area contributed by atoms with E-state index in [2.05, 4.69) is 15.3 Å². The van der Waals surface area contributed by atoms with E-state index >= 15 is 0 Å². The van der Waals surface area contributed by atoms with Crippen molar-refractivity contribution in [3.8, 4) is 0 Å². The molecule has 4 heterocycles. The lowest BCUT2D eigenvalue weighted by atomic mass is 10.0. The van der Waals surface area contributed by atoms with Gasteiger partial charge in [0.1, 0.15) is 22.4 Å². The van der Waals surface area contributed by atoms with E-state index in [1.54, 1.807) is 38.1 Å². The fraction of sp³-hybridized carbons (Fsp3) is 0.381. The van der Waals surface area contributed by atoms with Gasteiger partial charge in [-0.05, 0) is 26.0 Å².